The zero-order valence-electron chi connectivity index (χ0n) is 17.0. The van der Waals surface area contributed by atoms with E-state index >= 15 is 0 Å². The predicted octanol–water partition coefficient (Wildman–Crippen LogP) is 3.37. The molecule has 1 aliphatic rings. The van der Waals surface area contributed by atoms with Crippen LogP contribution in [-0.4, -0.2) is 62.2 Å². The van der Waals surface area contributed by atoms with E-state index in [1.807, 2.05) is 6.92 Å². The highest BCUT2D eigenvalue weighted by atomic mass is 127. The van der Waals surface area contributed by atoms with Gasteiger partial charge in [-0.1, -0.05) is 18.2 Å². The van der Waals surface area contributed by atoms with Crippen LogP contribution in [0.2, 0.25) is 0 Å². The van der Waals surface area contributed by atoms with Crippen LogP contribution in [0, 0.1) is 0 Å². The van der Waals surface area contributed by atoms with Gasteiger partial charge in [-0.25, -0.2) is 4.99 Å². The molecule has 0 saturated carbocycles. The molecule has 10 heteroatoms. The molecule has 1 aromatic rings. The number of nitrogens with zero attached hydrogens (tertiary/aromatic N) is 2. The molecule has 0 bridgehead atoms. The number of hydrogen-bond donors (Lipinski definition) is 2. The summed E-state index contributed by atoms with van der Waals surface area (Å²) in [5.41, 5.74) is 0.251. The highest BCUT2D eigenvalue weighted by Crippen LogP contribution is 2.26. The normalized spacial score (nSPS) is 16.1. The van der Waals surface area contributed by atoms with Gasteiger partial charge in [0, 0.05) is 37.3 Å². The van der Waals surface area contributed by atoms with E-state index in [9.17, 15) is 13.2 Å². The first kappa shape index (κ1) is 25.8. The van der Waals surface area contributed by atoms with Crippen LogP contribution >= 0.6 is 24.0 Å². The van der Waals surface area contributed by atoms with Crippen LogP contribution in [0.25, 0.3) is 0 Å². The maximum atomic E-state index is 12.6. The SMILES string of the molecule is CCNC(=NCc1ccccc1OC(F)(F)F)NCC(C)(C)N1CCOCC1.I. The molecule has 0 atom stereocenters. The largest absolute Gasteiger partial charge is 0.573 e. The van der Waals surface area contributed by atoms with Crippen LogP contribution in [0.4, 0.5) is 13.2 Å². The van der Waals surface area contributed by atoms with Gasteiger partial charge in [0.05, 0.1) is 19.8 Å². The second-order valence-electron chi connectivity index (χ2n) is 7.12. The van der Waals surface area contributed by atoms with Gasteiger partial charge in [0.2, 0.25) is 0 Å². The van der Waals surface area contributed by atoms with Gasteiger partial charge in [-0.05, 0) is 26.8 Å². The standard InChI is InChI=1S/C19H29F3N4O2.HI/c1-4-23-17(25-14-18(2,3)26-9-11-27-12-10-26)24-13-15-7-5-6-8-16(15)28-19(20,21)22;/h5-8H,4,9-14H2,1-3H3,(H2,23,24,25);1H. The molecule has 1 aliphatic heterocycles. The Morgan fingerprint density at radius 1 is 1.17 bits per heavy atom. The maximum absolute atomic E-state index is 12.6. The van der Waals surface area contributed by atoms with Crippen LogP contribution < -0.4 is 15.4 Å². The van der Waals surface area contributed by atoms with Crippen molar-refractivity contribution >= 4 is 29.9 Å². The van der Waals surface area contributed by atoms with E-state index in [1.165, 1.54) is 12.1 Å². The summed E-state index contributed by atoms with van der Waals surface area (Å²) in [5.74, 6) is 0.314. The Balaban J connectivity index is 0.00000420. The summed E-state index contributed by atoms with van der Waals surface area (Å²) >= 11 is 0. The number of aliphatic imine (C=N–C) groups is 1. The monoisotopic (exact) mass is 530 g/mol. The Bertz CT molecular complexity index is 651. The molecular formula is C19H30F3IN4O2. The third kappa shape index (κ3) is 8.95. The van der Waals surface area contributed by atoms with Crippen LogP contribution in [0.3, 0.4) is 0 Å². The van der Waals surface area contributed by atoms with E-state index in [1.54, 1.807) is 12.1 Å². The fraction of sp³-hybridized carbons (Fsp3) is 0.632. The van der Waals surface area contributed by atoms with E-state index in [2.05, 4.69) is 39.1 Å². The topological polar surface area (TPSA) is 58.1 Å². The Morgan fingerprint density at radius 3 is 2.45 bits per heavy atom. The van der Waals surface area contributed by atoms with Crippen molar-refractivity contribution in [3.63, 3.8) is 0 Å². The molecule has 6 nitrogen and oxygen atoms in total. The number of alkyl halides is 3. The summed E-state index contributed by atoms with van der Waals surface area (Å²) in [4.78, 5) is 6.77. The third-order valence-corrected chi connectivity index (χ3v) is 4.51. The Morgan fingerprint density at radius 2 is 1.83 bits per heavy atom. The summed E-state index contributed by atoms with van der Waals surface area (Å²) in [6.45, 7) is 10.7. The zero-order valence-corrected chi connectivity index (χ0v) is 19.3. The minimum atomic E-state index is -4.73. The molecule has 0 aromatic heterocycles. The molecule has 2 N–H and O–H groups in total. The number of nitrogens with one attached hydrogen (secondary N) is 2. The van der Waals surface area contributed by atoms with Gasteiger partial charge < -0.3 is 20.1 Å². The molecule has 1 fully saturated rings. The maximum Gasteiger partial charge on any atom is 0.573 e. The molecule has 0 unspecified atom stereocenters. The molecule has 0 radical (unpaired) electrons. The number of para-hydroxylation sites is 1. The average molecular weight is 530 g/mol. The predicted molar refractivity (Wildman–Crippen MR) is 118 cm³/mol. The lowest BCUT2D eigenvalue weighted by Crippen LogP contribution is -2.56. The lowest BCUT2D eigenvalue weighted by molar-refractivity contribution is -0.274. The number of hydrogen-bond acceptors (Lipinski definition) is 4. The number of halogens is 4. The third-order valence-electron chi connectivity index (χ3n) is 4.51. The molecule has 0 aliphatic carbocycles. The quantitative estimate of drug-likeness (QED) is 0.322. The minimum absolute atomic E-state index is 0. The summed E-state index contributed by atoms with van der Waals surface area (Å²) in [6, 6.07) is 6.03. The summed E-state index contributed by atoms with van der Waals surface area (Å²) < 4.78 is 47.2. The van der Waals surface area contributed by atoms with E-state index in [0.717, 1.165) is 13.1 Å². The molecule has 1 heterocycles. The first-order valence-corrected chi connectivity index (χ1v) is 9.40. The van der Waals surface area contributed by atoms with E-state index in [-0.39, 0.29) is 41.8 Å². The van der Waals surface area contributed by atoms with Crippen LogP contribution in [0.15, 0.2) is 29.3 Å². The van der Waals surface area contributed by atoms with Gasteiger partial charge in [0.1, 0.15) is 5.75 Å². The van der Waals surface area contributed by atoms with Gasteiger partial charge >= 0.3 is 6.36 Å². The number of morpholine rings is 1. The molecular weight excluding hydrogens is 500 g/mol. The lowest BCUT2D eigenvalue weighted by Gasteiger charge is -2.41. The highest BCUT2D eigenvalue weighted by molar-refractivity contribution is 14.0. The van der Waals surface area contributed by atoms with Crippen LogP contribution in [0.1, 0.15) is 26.3 Å². The van der Waals surface area contributed by atoms with Crippen molar-refractivity contribution < 1.29 is 22.6 Å². The van der Waals surface area contributed by atoms with Gasteiger partial charge in [-0.2, -0.15) is 0 Å². The van der Waals surface area contributed by atoms with Gasteiger partial charge in [-0.15, -0.1) is 37.1 Å². The second kappa shape index (κ2) is 11.8. The average Bonchev–Trinajstić information content (AvgIpc) is 2.64. The first-order valence-electron chi connectivity index (χ1n) is 9.40. The summed E-state index contributed by atoms with van der Waals surface area (Å²) in [6.07, 6.45) is -4.73. The molecule has 166 valence electrons. The van der Waals surface area contributed by atoms with Crippen molar-refractivity contribution in [3.8, 4) is 5.75 Å². The number of benzene rings is 1. The Kier molecular flexibility index (Phi) is 10.5. The summed E-state index contributed by atoms with van der Waals surface area (Å²) in [5, 5.41) is 6.42. The Labute approximate surface area is 187 Å². The van der Waals surface area contributed by atoms with Crippen molar-refractivity contribution in [3.05, 3.63) is 29.8 Å². The van der Waals surface area contributed by atoms with Gasteiger partial charge in [-0.3, -0.25) is 4.90 Å². The fourth-order valence-corrected chi connectivity index (χ4v) is 2.95. The van der Waals surface area contributed by atoms with Gasteiger partial charge in [0.15, 0.2) is 5.96 Å². The number of ether oxygens (including phenoxy) is 2. The van der Waals surface area contributed by atoms with Crippen molar-refractivity contribution in [2.45, 2.75) is 39.2 Å². The number of guanidine groups is 1. The highest BCUT2D eigenvalue weighted by Gasteiger charge is 2.32. The zero-order chi connectivity index (χ0) is 20.6. The van der Waals surface area contributed by atoms with Crippen molar-refractivity contribution in [1.82, 2.24) is 15.5 Å². The molecule has 29 heavy (non-hydrogen) atoms. The molecule has 0 amide bonds. The number of rotatable bonds is 7. The van der Waals surface area contributed by atoms with Gasteiger partial charge in [0.25, 0.3) is 0 Å². The van der Waals surface area contributed by atoms with E-state index in [4.69, 9.17) is 4.74 Å². The smallest absolute Gasteiger partial charge is 0.405 e. The lowest BCUT2D eigenvalue weighted by atomic mass is 10.0. The van der Waals surface area contributed by atoms with Crippen molar-refractivity contribution in [2.24, 2.45) is 4.99 Å². The van der Waals surface area contributed by atoms with Crippen LogP contribution in [-0.2, 0) is 11.3 Å². The molecule has 1 saturated heterocycles. The summed E-state index contributed by atoms with van der Waals surface area (Å²) in [7, 11) is 0. The first-order chi connectivity index (χ1) is 13.2. The fourth-order valence-electron chi connectivity index (χ4n) is 2.95. The minimum Gasteiger partial charge on any atom is -0.405 e. The van der Waals surface area contributed by atoms with E-state index < -0.39 is 6.36 Å². The Hall–Kier alpha value is -1.27. The molecule has 0 spiro atoms. The van der Waals surface area contributed by atoms with Crippen molar-refractivity contribution in [2.75, 3.05) is 39.4 Å². The van der Waals surface area contributed by atoms with Crippen LogP contribution in [0.5, 0.6) is 5.75 Å². The second-order valence-corrected chi connectivity index (χ2v) is 7.12. The van der Waals surface area contributed by atoms with Crippen molar-refractivity contribution in [1.29, 1.82) is 0 Å². The molecule has 1 aromatic carbocycles. The van der Waals surface area contributed by atoms with E-state index in [0.29, 0.717) is 37.8 Å². The molecule has 2 rings (SSSR count).